The second-order valence-electron chi connectivity index (χ2n) is 8.06. The molecule has 0 fully saturated rings. The fourth-order valence-corrected chi connectivity index (χ4v) is 4.54. The minimum Gasteiger partial charge on any atom is -0.493 e. The lowest BCUT2D eigenvalue weighted by Crippen LogP contribution is -2.57. The molecule has 2 amide bonds. The number of ether oxygens (including phenoxy) is 3. The van der Waals surface area contributed by atoms with Crippen molar-refractivity contribution in [3.63, 3.8) is 0 Å². The minimum absolute atomic E-state index is 0.0360. The topological polar surface area (TPSA) is 138 Å². The number of aliphatic hydroxyl groups is 3. The zero-order valence-corrected chi connectivity index (χ0v) is 22.4. The number of halogens is 4. The first-order valence-corrected chi connectivity index (χ1v) is 12.4. The van der Waals surface area contributed by atoms with Gasteiger partial charge in [0.2, 0.25) is 11.8 Å². The van der Waals surface area contributed by atoms with Gasteiger partial charge in [0.1, 0.15) is 25.4 Å². The summed E-state index contributed by atoms with van der Waals surface area (Å²) in [5, 5.41) is 32.0. The molecule has 4 N–H and O–H groups in total. The normalized spacial score (nSPS) is 19.7. The second-order valence-corrected chi connectivity index (χ2v) is 9.22. The summed E-state index contributed by atoms with van der Waals surface area (Å²) in [4.78, 5) is 25.9. The fourth-order valence-electron chi connectivity index (χ4n) is 3.75. The molecule has 0 unspecified atom stereocenters. The summed E-state index contributed by atoms with van der Waals surface area (Å²) in [6.07, 6.45) is -6.95. The number of nitrogens with one attached hydrogen (secondary N) is 1. The van der Waals surface area contributed by atoms with Gasteiger partial charge in [0.05, 0.1) is 29.9 Å². The molecule has 0 aliphatic heterocycles. The molecule has 1 aliphatic rings. The number of alkyl halides is 3. The first kappa shape index (κ1) is 31.1. The van der Waals surface area contributed by atoms with Gasteiger partial charge in [0, 0.05) is 25.1 Å². The molecule has 1 aliphatic carbocycles. The van der Waals surface area contributed by atoms with Gasteiger partial charge in [-0.05, 0) is 53.3 Å². The third-order valence-corrected chi connectivity index (χ3v) is 6.24. The van der Waals surface area contributed by atoms with Gasteiger partial charge in [-0.3, -0.25) is 9.59 Å². The molecule has 37 heavy (non-hydrogen) atoms. The molecule has 3 atom stereocenters. The Labute approximate surface area is 225 Å². The molecule has 0 radical (unpaired) electrons. The highest BCUT2D eigenvalue weighted by atomic mass is 127. The van der Waals surface area contributed by atoms with Crippen LogP contribution in [0.2, 0.25) is 0 Å². The van der Waals surface area contributed by atoms with Gasteiger partial charge in [-0.1, -0.05) is 0 Å². The van der Waals surface area contributed by atoms with Crippen LogP contribution in [0.4, 0.5) is 13.2 Å². The molecule has 1 aromatic rings. The van der Waals surface area contributed by atoms with E-state index in [1.165, 1.54) is 19.3 Å². The van der Waals surface area contributed by atoms with Gasteiger partial charge in [-0.25, -0.2) is 0 Å². The number of amides is 2. The molecule has 0 heterocycles. The van der Waals surface area contributed by atoms with Gasteiger partial charge in [-0.15, -0.1) is 0 Å². The van der Waals surface area contributed by atoms with Gasteiger partial charge in [-0.2, -0.15) is 13.2 Å². The third kappa shape index (κ3) is 8.70. The summed E-state index contributed by atoms with van der Waals surface area (Å²) >= 11 is 1.91. The van der Waals surface area contributed by atoms with Gasteiger partial charge >= 0.3 is 6.18 Å². The highest BCUT2D eigenvalue weighted by molar-refractivity contribution is 14.1. The van der Waals surface area contributed by atoms with Crippen LogP contribution >= 0.6 is 22.6 Å². The van der Waals surface area contributed by atoms with Crippen LogP contribution in [0.15, 0.2) is 23.8 Å². The number of carbonyl (C=O) groups excluding carboxylic acids is 2. The average Bonchev–Trinajstić information content (AvgIpc) is 2.85. The third-order valence-electron chi connectivity index (χ3n) is 5.44. The minimum atomic E-state index is -4.79. The summed E-state index contributed by atoms with van der Waals surface area (Å²) in [5.41, 5.74) is 0.472. The van der Waals surface area contributed by atoms with Crippen LogP contribution in [-0.4, -0.2) is 96.5 Å². The lowest BCUT2D eigenvalue weighted by Gasteiger charge is -2.40. The Morgan fingerprint density at radius 1 is 1.27 bits per heavy atom. The Kier molecular flexibility index (Phi) is 11.9. The van der Waals surface area contributed by atoms with E-state index in [1.807, 2.05) is 22.6 Å². The zero-order valence-electron chi connectivity index (χ0n) is 20.3. The van der Waals surface area contributed by atoms with Crippen LogP contribution in [0, 0.1) is 3.57 Å². The van der Waals surface area contributed by atoms with Gasteiger partial charge in [0.25, 0.3) is 0 Å². The Balaban J connectivity index is 2.52. The molecule has 0 bridgehead atoms. The first-order chi connectivity index (χ1) is 17.4. The summed E-state index contributed by atoms with van der Waals surface area (Å²) in [6, 6.07) is 1.59. The zero-order chi connectivity index (χ0) is 27.8. The number of rotatable bonds is 12. The van der Waals surface area contributed by atoms with Crippen LogP contribution in [0.3, 0.4) is 0 Å². The molecule has 208 valence electrons. The average molecular weight is 646 g/mol. The van der Waals surface area contributed by atoms with Crippen molar-refractivity contribution in [3.05, 3.63) is 32.9 Å². The van der Waals surface area contributed by atoms with Crippen molar-refractivity contribution in [2.75, 3.05) is 40.0 Å². The van der Waals surface area contributed by atoms with E-state index in [2.05, 4.69) is 5.32 Å². The Morgan fingerprint density at radius 2 is 1.97 bits per heavy atom. The van der Waals surface area contributed by atoms with Crippen molar-refractivity contribution < 1.29 is 52.3 Å². The Hall–Kier alpha value is -2.14. The standard InChI is InChI=1S/C23H30F3IN2O8/c1-3-36-11-19(32)29(12-23(24,25)26)16-8-14(22(34)28-4-5-30)9-17(20(16)33)37-21-15(27)6-13(10-31)7-18(21)35-2/h6-7,9,16-17,20,30-31,33H,3-5,8,10-12H2,1-2H3,(H,28,34)/t16-,17+,20+/m1/s1. The second kappa shape index (κ2) is 14.1. The monoisotopic (exact) mass is 646 g/mol. The summed E-state index contributed by atoms with van der Waals surface area (Å²) in [6.45, 7) is -1.44. The molecular weight excluding hydrogens is 616 g/mol. The van der Waals surface area contributed by atoms with Crippen LogP contribution in [0.5, 0.6) is 11.5 Å². The van der Waals surface area contributed by atoms with Crippen molar-refractivity contribution in [2.45, 2.75) is 44.4 Å². The molecule has 0 saturated carbocycles. The van der Waals surface area contributed by atoms with Crippen LogP contribution in [0.1, 0.15) is 18.9 Å². The van der Waals surface area contributed by atoms with E-state index in [0.29, 0.717) is 14.0 Å². The van der Waals surface area contributed by atoms with E-state index in [1.54, 1.807) is 13.0 Å². The van der Waals surface area contributed by atoms with Gasteiger partial charge in [0.15, 0.2) is 11.5 Å². The molecule has 0 aromatic heterocycles. The van der Waals surface area contributed by atoms with Crippen molar-refractivity contribution in [1.29, 1.82) is 0 Å². The fraction of sp³-hybridized carbons (Fsp3) is 0.565. The number of methoxy groups -OCH3 is 1. The lowest BCUT2D eigenvalue weighted by molar-refractivity contribution is -0.175. The number of hydrogen-bond acceptors (Lipinski definition) is 8. The maximum Gasteiger partial charge on any atom is 0.406 e. The van der Waals surface area contributed by atoms with E-state index in [4.69, 9.17) is 19.3 Å². The number of benzene rings is 1. The predicted octanol–water partition coefficient (Wildman–Crippen LogP) is 1.13. The number of nitrogens with zero attached hydrogens (tertiary/aromatic N) is 1. The van der Waals surface area contributed by atoms with E-state index >= 15 is 0 Å². The van der Waals surface area contributed by atoms with Crippen LogP contribution < -0.4 is 14.8 Å². The Morgan fingerprint density at radius 3 is 2.54 bits per heavy atom. The molecule has 0 saturated heterocycles. The number of hydrogen-bond donors (Lipinski definition) is 4. The van der Waals surface area contributed by atoms with E-state index in [0.717, 1.165) is 0 Å². The first-order valence-electron chi connectivity index (χ1n) is 11.3. The van der Waals surface area contributed by atoms with Crippen molar-refractivity contribution in [3.8, 4) is 11.5 Å². The van der Waals surface area contributed by atoms with E-state index < -0.39 is 55.8 Å². The molecular formula is C23H30F3IN2O8. The lowest BCUT2D eigenvalue weighted by atomic mass is 9.88. The van der Waals surface area contributed by atoms with Crippen LogP contribution in [-0.2, 0) is 20.9 Å². The molecule has 10 nitrogen and oxygen atoms in total. The number of aliphatic hydroxyl groups excluding tert-OH is 3. The van der Waals surface area contributed by atoms with Gasteiger partial charge < -0.3 is 39.7 Å². The summed E-state index contributed by atoms with van der Waals surface area (Å²) in [5.74, 6) is -1.40. The molecule has 1 aromatic carbocycles. The largest absolute Gasteiger partial charge is 0.493 e. The van der Waals surface area contributed by atoms with E-state index in [-0.39, 0.29) is 43.4 Å². The highest BCUT2D eigenvalue weighted by Crippen LogP contribution is 2.37. The predicted molar refractivity (Wildman–Crippen MR) is 133 cm³/mol. The maximum absolute atomic E-state index is 13.5. The molecule has 2 rings (SSSR count). The Bertz CT molecular complexity index is 976. The van der Waals surface area contributed by atoms with E-state index in [9.17, 15) is 33.0 Å². The van der Waals surface area contributed by atoms with Crippen molar-refractivity contribution >= 4 is 34.4 Å². The quantitative estimate of drug-likeness (QED) is 0.248. The SMILES string of the molecule is CCOCC(=O)N(CC(F)(F)F)[C@@H]1CC(C(=O)NCCO)=C[C@H](Oc2c(I)cc(CO)cc2OC)[C@H]1O. The number of carbonyl (C=O) groups is 2. The maximum atomic E-state index is 13.5. The van der Waals surface area contributed by atoms with Crippen LogP contribution in [0.25, 0.3) is 0 Å². The van der Waals surface area contributed by atoms with Crippen molar-refractivity contribution in [2.24, 2.45) is 0 Å². The molecule has 14 heteroatoms. The summed E-state index contributed by atoms with van der Waals surface area (Å²) < 4.78 is 57.1. The smallest absolute Gasteiger partial charge is 0.406 e. The van der Waals surface area contributed by atoms with Crippen molar-refractivity contribution in [1.82, 2.24) is 10.2 Å². The molecule has 0 spiro atoms. The summed E-state index contributed by atoms with van der Waals surface area (Å²) in [7, 11) is 1.35. The highest BCUT2D eigenvalue weighted by Gasteiger charge is 2.44.